The van der Waals surface area contributed by atoms with E-state index < -0.39 is 21.2 Å². The number of aromatic nitrogens is 1. The highest BCUT2D eigenvalue weighted by molar-refractivity contribution is 14.1. The maximum Gasteiger partial charge on any atom is 0.280 e. The number of rotatable bonds is 2. The van der Waals surface area contributed by atoms with Crippen molar-refractivity contribution < 1.29 is 17.2 Å². The van der Waals surface area contributed by atoms with E-state index in [1.807, 2.05) is 0 Å². The summed E-state index contributed by atoms with van der Waals surface area (Å²) >= 11 is 1.55. The van der Waals surface area contributed by atoms with Gasteiger partial charge in [-0.3, -0.25) is 0 Å². The van der Waals surface area contributed by atoms with E-state index in [-0.39, 0.29) is 14.2 Å². The average molecular weight is 368 g/mol. The van der Waals surface area contributed by atoms with Crippen LogP contribution in [0.5, 0.6) is 0 Å². The minimum atomic E-state index is -3.94. The summed E-state index contributed by atoms with van der Waals surface area (Å²) in [5.74, 6) is 0. The average Bonchev–Trinajstić information content (AvgIpc) is 2.06. The van der Waals surface area contributed by atoms with Crippen molar-refractivity contribution in [2.75, 3.05) is 0 Å². The Hall–Kier alpha value is -0.0200. The van der Waals surface area contributed by atoms with Gasteiger partial charge in [0.15, 0.2) is 0 Å². The minimum Gasteiger partial charge on any atom is -0.239 e. The van der Waals surface area contributed by atoms with Gasteiger partial charge < -0.3 is 0 Å². The molecule has 0 radical (unpaired) electrons. The van der Waals surface area contributed by atoms with Gasteiger partial charge in [-0.1, -0.05) is 0 Å². The minimum absolute atomic E-state index is 0.0523. The fourth-order valence-electron chi connectivity index (χ4n) is 0.971. The van der Waals surface area contributed by atoms with Crippen LogP contribution in [0.3, 0.4) is 0 Å². The van der Waals surface area contributed by atoms with Crippen LogP contribution >= 0.6 is 33.3 Å². The summed E-state index contributed by atoms with van der Waals surface area (Å²) in [7, 11) is 1.17. The van der Waals surface area contributed by atoms with E-state index in [1.165, 1.54) is 6.92 Å². The third kappa shape index (κ3) is 2.97. The smallest absolute Gasteiger partial charge is 0.239 e. The fraction of sp³-hybridized carbons (Fsp3) is 0.286. The Bertz CT molecular complexity index is 492. The highest BCUT2D eigenvalue weighted by atomic mass is 127. The molecule has 0 N–H and O–H groups in total. The molecule has 8 heteroatoms. The topological polar surface area (TPSA) is 47.0 Å². The predicted octanol–water partition coefficient (Wildman–Crippen LogP) is 2.86. The van der Waals surface area contributed by atoms with E-state index >= 15 is 0 Å². The maximum atomic E-state index is 12.4. The summed E-state index contributed by atoms with van der Waals surface area (Å²) in [6.07, 6.45) is -2.73. The lowest BCUT2D eigenvalue weighted by molar-refractivity contribution is 0.145. The van der Waals surface area contributed by atoms with Gasteiger partial charge in [0.25, 0.3) is 15.5 Å². The zero-order valence-corrected chi connectivity index (χ0v) is 11.1. The number of hydrogen-bond acceptors (Lipinski definition) is 3. The van der Waals surface area contributed by atoms with Crippen molar-refractivity contribution >= 4 is 42.3 Å². The lowest BCUT2D eigenvalue weighted by Crippen LogP contribution is -2.03. The molecule has 1 rings (SSSR count). The van der Waals surface area contributed by atoms with E-state index in [0.717, 1.165) is 6.07 Å². The van der Waals surface area contributed by atoms with Gasteiger partial charge in [-0.05, 0) is 41.1 Å². The Balaban J connectivity index is 3.46. The standard InChI is InChI=1S/C7H5ClF2INO2S/c1-3-2-4(15(8,13)14)7(11)12-5(3)6(9)10/h2,6H,1H3. The van der Waals surface area contributed by atoms with Crippen molar-refractivity contribution in [3.8, 4) is 0 Å². The number of hydrogen-bond donors (Lipinski definition) is 0. The molecule has 0 amide bonds. The third-order valence-electron chi connectivity index (χ3n) is 1.64. The van der Waals surface area contributed by atoms with Crippen LogP contribution in [0.25, 0.3) is 0 Å². The third-order valence-corrected chi connectivity index (χ3v) is 4.17. The Morgan fingerprint density at radius 3 is 2.47 bits per heavy atom. The first-order valence-electron chi connectivity index (χ1n) is 3.63. The Morgan fingerprint density at radius 2 is 2.07 bits per heavy atom. The lowest BCUT2D eigenvalue weighted by atomic mass is 10.2. The van der Waals surface area contributed by atoms with Crippen molar-refractivity contribution in [3.05, 3.63) is 21.0 Å². The molecule has 0 spiro atoms. The molecule has 0 unspecified atom stereocenters. The molecule has 84 valence electrons. The van der Waals surface area contributed by atoms with Gasteiger partial charge in [0, 0.05) is 10.7 Å². The van der Waals surface area contributed by atoms with Crippen LogP contribution < -0.4 is 0 Å². The van der Waals surface area contributed by atoms with Crippen LogP contribution in [0.1, 0.15) is 17.7 Å². The molecular formula is C7H5ClF2INO2S. The van der Waals surface area contributed by atoms with Crippen molar-refractivity contribution in [2.24, 2.45) is 0 Å². The van der Waals surface area contributed by atoms with Gasteiger partial charge in [-0.2, -0.15) is 0 Å². The van der Waals surface area contributed by atoms with Crippen LogP contribution in [-0.2, 0) is 9.05 Å². The highest BCUT2D eigenvalue weighted by Crippen LogP contribution is 2.27. The molecule has 0 aliphatic carbocycles. The number of aryl methyl sites for hydroxylation is 1. The highest BCUT2D eigenvalue weighted by Gasteiger charge is 2.21. The summed E-state index contributed by atoms with van der Waals surface area (Å²) in [4.78, 5) is 3.27. The Labute approximate surface area is 103 Å². The van der Waals surface area contributed by atoms with Gasteiger partial charge in [0.05, 0.1) is 0 Å². The molecule has 1 aromatic rings. The first-order chi connectivity index (χ1) is 6.73. The summed E-state index contributed by atoms with van der Waals surface area (Å²) in [5.41, 5.74) is -0.326. The number of alkyl halides is 2. The zero-order valence-electron chi connectivity index (χ0n) is 7.34. The zero-order chi connectivity index (χ0) is 11.8. The summed E-state index contributed by atoms with van der Waals surface area (Å²) in [6, 6.07) is 1.10. The monoisotopic (exact) mass is 367 g/mol. The SMILES string of the molecule is Cc1cc(S(=O)(=O)Cl)c(I)nc1C(F)F. The number of nitrogens with zero attached hydrogens (tertiary/aromatic N) is 1. The Kier molecular flexibility index (Phi) is 3.88. The van der Waals surface area contributed by atoms with Crippen LogP contribution in [0.2, 0.25) is 0 Å². The molecule has 0 fully saturated rings. The van der Waals surface area contributed by atoms with Crippen molar-refractivity contribution in [3.63, 3.8) is 0 Å². The number of pyridine rings is 1. The van der Waals surface area contributed by atoms with Crippen molar-refractivity contribution in [1.82, 2.24) is 4.98 Å². The van der Waals surface area contributed by atoms with Gasteiger partial charge in [0.1, 0.15) is 14.3 Å². The largest absolute Gasteiger partial charge is 0.280 e. The molecule has 3 nitrogen and oxygen atoms in total. The van der Waals surface area contributed by atoms with Crippen molar-refractivity contribution in [1.29, 1.82) is 0 Å². The molecular weight excluding hydrogens is 363 g/mol. The van der Waals surface area contributed by atoms with Gasteiger partial charge >= 0.3 is 0 Å². The fourth-order valence-corrected chi connectivity index (χ4v) is 3.56. The summed E-state index contributed by atoms with van der Waals surface area (Å²) < 4.78 is 46.8. The van der Waals surface area contributed by atoms with Gasteiger partial charge in [-0.15, -0.1) is 0 Å². The molecule has 0 aromatic carbocycles. The van der Waals surface area contributed by atoms with Crippen LogP contribution in [0.4, 0.5) is 8.78 Å². The number of halogens is 4. The quantitative estimate of drug-likeness (QED) is 0.459. The van der Waals surface area contributed by atoms with Crippen LogP contribution in [0.15, 0.2) is 11.0 Å². The second kappa shape index (κ2) is 4.46. The lowest BCUT2D eigenvalue weighted by Gasteiger charge is -2.07. The Morgan fingerprint density at radius 1 is 1.53 bits per heavy atom. The van der Waals surface area contributed by atoms with E-state index in [2.05, 4.69) is 4.98 Å². The van der Waals surface area contributed by atoms with Crippen molar-refractivity contribution in [2.45, 2.75) is 18.2 Å². The second-order valence-electron chi connectivity index (χ2n) is 2.72. The van der Waals surface area contributed by atoms with Crippen LogP contribution in [-0.4, -0.2) is 13.4 Å². The normalized spacial score (nSPS) is 12.1. The van der Waals surface area contributed by atoms with E-state index in [9.17, 15) is 17.2 Å². The molecule has 0 saturated carbocycles. The molecule has 0 aliphatic rings. The van der Waals surface area contributed by atoms with E-state index in [0.29, 0.717) is 0 Å². The first kappa shape index (κ1) is 13.0. The molecule has 0 atom stereocenters. The van der Waals surface area contributed by atoms with Crippen LogP contribution in [0, 0.1) is 10.6 Å². The molecule has 0 bridgehead atoms. The molecule has 15 heavy (non-hydrogen) atoms. The molecule has 0 aliphatic heterocycles. The predicted molar refractivity (Wildman–Crippen MR) is 59.7 cm³/mol. The van der Waals surface area contributed by atoms with Gasteiger partial charge in [0.2, 0.25) is 0 Å². The second-order valence-corrected chi connectivity index (χ2v) is 6.27. The van der Waals surface area contributed by atoms with E-state index in [1.54, 1.807) is 22.6 Å². The first-order valence-corrected chi connectivity index (χ1v) is 7.02. The summed E-state index contributed by atoms with van der Waals surface area (Å²) in [5, 5.41) is 0. The molecule has 1 heterocycles. The van der Waals surface area contributed by atoms with E-state index in [4.69, 9.17) is 10.7 Å². The van der Waals surface area contributed by atoms with Gasteiger partial charge in [-0.25, -0.2) is 22.2 Å². The molecule has 0 saturated heterocycles. The maximum absolute atomic E-state index is 12.4. The summed E-state index contributed by atoms with van der Waals surface area (Å²) in [6.45, 7) is 1.36. The molecule has 1 aromatic heterocycles.